The fourth-order valence-corrected chi connectivity index (χ4v) is 10.8. The number of Topliss-reactive ketones (excluding diaryl/α,β-unsaturated/α-hetero) is 1. The molecule has 0 unspecified atom stereocenters. The lowest BCUT2D eigenvalue weighted by atomic mass is 9.33. The summed E-state index contributed by atoms with van der Waals surface area (Å²) >= 11 is 0. The standard InChI is InChI=1S/C30H46O4/c1-17-10-13-30(25(33)34)15-14-28(6)19(23(30)18(17)2)8-9-22-27(5)16-20(31)24(32)26(3,4)21(27)11-12-29(22,28)7/h8,17-18,20-23,31H,9-16H2,1-7H3,(H,33,34)/t17-,18+,20-,21-,22-,23+,27+,28-,29-,30+/m1/s1. The van der Waals surface area contributed by atoms with Crippen LogP contribution in [0.15, 0.2) is 11.6 Å². The number of aliphatic hydroxyl groups is 1. The van der Waals surface area contributed by atoms with Crippen LogP contribution in [0.3, 0.4) is 0 Å². The van der Waals surface area contributed by atoms with Crippen LogP contribution in [-0.2, 0) is 9.59 Å². The maximum Gasteiger partial charge on any atom is 0.310 e. The number of carbonyl (C=O) groups excluding carboxylic acids is 1. The Morgan fingerprint density at radius 2 is 1.65 bits per heavy atom. The maximum atomic E-state index is 13.0. The van der Waals surface area contributed by atoms with E-state index in [0.29, 0.717) is 24.2 Å². The molecule has 0 amide bonds. The van der Waals surface area contributed by atoms with E-state index in [1.807, 2.05) is 0 Å². The van der Waals surface area contributed by atoms with Gasteiger partial charge in [-0.15, -0.1) is 0 Å². The first-order chi connectivity index (χ1) is 15.7. The molecule has 5 aliphatic rings. The second kappa shape index (κ2) is 7.20. The van der Waals surface area contributed by atoms with Gasteiger partial charge in [-0.1, -0.05) is 60.1 Å². The van der Waals surface area contributed by atoms with Crippen LogP contribution in [0.2, 0.25) is 0 Å². The molecule has 0 saturated heterocycles. The Bertz CT molecular complexity index is 949. The van der Waals surface area contributed by atoms with E-state index < -0.39 is 22.9 Å². The Morgan fingerprint density at radius 3 is 2.29 bits per heavy atom. The van der Waals surface area contributed by atoms with E-state index in [-0.39, 0.29) is 33.9 Å². The number of hydrogen-bond acceptors (Lipinski definition) is 3. The average Bonchev–Trinajstić information content (AvgIpc) is 2.75. The van der Waals surface area contributed by atoms with Crippen molar-refractivity contribution < 1.29 is 19.8 Å². The van der Waals surface area contributed by atoms with E-state index in [9.17, 15) is 19.8 Å². The van der Waals surface area contributed by atoms with E-state index >= 15 is 0 Å². The molecular formula is C30H46O4. The van der Waals surface area contributed by atoms with Crippen molar-refractivity contribution >= 4 is 11.8 Å². The first-order valence-corrected chi connectivity index (χ1v) is 13.8. The molecule has 4 heteroatoms. The Morgan fingerprint density at radius 1 is 0.971 bits per heavy atom. The quantitative estimate of drug-likeness (QED) is 0.443. The first-order valence-electron chi connectivity index (χ1n) is 13.8. The number of aliphatic hydroxyl groups excluding tert-OH is 1. The Hall–Kier alpha value is -1.16. The lowest BCUT2D eigenvalue weighted by Gasteiger charge is -2.71. The summed E-state index contributed by atoms with van der Waals surface area (Å²) in [6.45, 7) is 16.0. The number of hydrogen-bond donors (Lipinski definition) is 2. The normalized spacial score (nSPS) is 54.1. The molecule has 4 fully saturated rings. The van der Waals surface area contributed by atoms with Gasteiger partial charge < -0.3 is 10.2 Å². The van der Waals surface area contributed by atoms with Gasteiger partial charge in [-0.05, 0) is 97.2 Å². The summed E-state index contributed by atoms with van der Waals surface area (Å²) in [4.78, 5) is 25.8. The van der Waals surface area contributed by atoms with Crippen molar-refractivity contribution in [2.45, 2.75) is 106 Å². The number of aliphatic carboxylic acids is 1. The number of allylic oxidation sites excluding steroid dienone is 2. The highest BCUT2D eigenvalue weighted by Crippen LogP contribution is 2.75. The zero-order valence-corrected chi connectivity index (χ0v) is 22.4. The summed E-state index contributed by atoms with van der Waals surface area (Å²) in [5.41, 5.74) is 0.238. The van der Waals surface area contributed by atoms with Crippen molar-refractivity contribution in [3.05, 3.63) is 11.6 Å². The Balaban J connectivity index is 1.63. The van der Waals surface area contributed by atoms with Gasteiger partial charge in [-0.25, -0.2) is 0 Å². The molecule has 0 aliphatic heterocycles. The predicted octanol–water partition coefficient (Wildman–Crippen LogP) is 6.27. The molecule has 0 bridgehead atoms. The van der Waals surface area contributed by atoms with Crippen LogP contribution in [0, 0.1) is 56.7 Å². The number of fused-ring (bicyclic) bond motifs is 7. The Labute approximate surface area is 206 Å². The zero-order valence-electron chi connectivity index (χ0n) is 22.4. The molecule has 10 atom stereocenters. The Kier molecular flexibility index (Phi) is 5.20. The molecule has 4 saturated carbocycles. The molecular weight excluding hydrogens is 424 g/mol. The van der Waals surface area contributed by atoms with E-state index in [2.05, 4.69) is 54.5 Å². The lowest BCUT2D eigenvalue weighted by Crippen LogP contribution is -2.66. The molecule has 4 nitrogen and oxygen atoms in total. The number of carbonyl (C=O) groups is 2. The number of carboxylic acid groups (broad SMARTS) is 1. The van der Waals surface area contributed by atoms with Crippen LogP contribution in [0.4, 0.5) is 0 Å². The summed E-state index contributed by atoms with van der Waals surface area (Å²) in [5.74, 6) is 1.14. The molecule has 190 valence electrons. The molecule has 34 heavy (non-hydrogen) atoms. The molecule has 5 rings (SSSR count). The lowest BCUT2D eigenvalue weighted by molar-refractivity contribution is -0.201. The largest absolute Gasteiger partial charge is 0.481 e. The summed E-state index contributed by atoms with van der Waals surface area (Å²) in [7, 11) is 0. The van der Waals surface area contributed by atoms with Crippen LogP contribution < -0.4 is 0 Å². The van der Waals surface area contributed by atoms with Crippen LogP contribution in [0.5, 0.6) is 0 Å². The fraction of sp³-hybridized carbons (Fsp3) is 0.867. The molecule has 2 N–H and O–H groups in total. The second-order valence-electron chi connectivity index (χ2n) is 14.4. The number of ketones is 1. The third kappa shape index (κ3) is 2.70. The summed E-state index contributed by atoms with van der Waals surface area (Å²) < 4.78 is 0. The molecule has 0 aromatic heterocycles. The van der Waals surface area contributed by atoms with Crippen LogP contribution >= 0.6 is 0 Å². The third-order valence-electron chi connectivity index (χ3n) is 13.1. The van der Waals surface area contributed by atoms with Crippen molar-refractivity contribution in [3.8, 4) is 0 Å². The van der Waals surface area contributed by atoms with E-state index in [1.54, 1.807) is 0 Å². The highest BCUT2D eigenvalue weighted by molar-refractivity contribution is 5.89. The summed E-state index contributed by atoms with van der Waals surface area (Å²) in [6.07, 6.45) is 8.70. The van der Waals surface area contributed by atoms with Crippen molar-refractivity contribution in [2.75, 3.05) is 0 Å². The monoisotopic (exact) mass is 470 g/mol. The third-order valence-corrected chi connectivity index (χ3v) is 13.1. The predicted molar refractivity (Wildman–Crippen MR) is 133 cm³/mol. The van der Waals surface area contributed by atoms with Gasteiger partial charge in [-0.3, -0.25) is 9.59 Å². The van der Waals surface area contributed by atoms with Crippen LogP contribution in [0.25, 0.3) is 0 Å². The topological polar surface area (TPSA) is 74.6 Å². The molecule has 5 aliphatic carbocycles. The zero-order chi connectivity index (χ0) is 25.1. The van der Waals surface area contributed by atoms with Gasteiger partial charge in [-0.2, -0.15) is 0 Å². The van der Waals surface area contributed by atoms with E-state index in [4.69, 9.17) is 0 Å². The van der Waals surface area contributed by atoms with Crippen molar-refractivity contribution in [1.82, 2.24) is 0 Å². The highest BCUT2D eigenvalue weighted by atomic mass is 16.4. The second-order valence-corrected chi connectivity index (χ2v) is 14.4. The molecule has 0 radical (unpaired) electrons. The van der Waals surface area contributed by atoms with Gasteiger partial charge in [0.05, 0.1) is 5.41 Å². The average molecular weight is 471 g/mol. The number of carboxylic acids is 1. The summed E-state index contributed by atoms with van der Waals surface area (Å²) in [6, 6.07) is 0. The minimum Gasteiger partial charge on any atom is -0.481 e. The fourth-order valence-electron chi connectivity index (χ4n) is 10.8. The maximum absolute atomic E-state index is 13.0. The van der Waals surface area contributed by atoms with Gasteiger partial charge in [0.1, 0.15) is 6.10 Å². The molecule has 0 aromatic carbocycles. The smallest absolute Gasteiger partial charge is 0.310 e. The van der Waals surface area contributed by atoms with Crippen LogP contribution in [-0.4, -0.2) is 28.1 Å². The van der Waals surface area contributed by atoms with Gasteiger partial charge in [0, 0.05) is 5.41 Å². The molecule has 0 spiro atoms. The van der Waals surface area contributed by atoms with Crippen molar-refractivity contribution in [1.29, 1.82) is 0 Å². The SMILES string of the molecule is C[C@H]1[C@H](C)CC[C@]2(C(=O)O)CC[C@]3(C)C(=CC[C@@H]4[C@@]5(C)C[C@@H](O)C(=O)C(C)(C)[C@H]5CC[C@]43C)[C@H]12. The van der Waals surface area contributed by atoms with Crippen molar-refractivity contribution in [3.63, 3.8) is 0 Å². The molecule has 0 heterocycles. The van der Waals surface area contributed by atoms with Crippen molar-refractivity contribution in [2.24, 2.45) is 56.7 Å². The highest BCUT2D eigenvalue weighted by Gasteiger charge is 2.70. The van der Waals surface area contributed by atoms with E-state index in [0.717, 1.165) is 44.9 Å². The number of rotatable bonds is 1. The first kappa shape index (κ1) is 24.5. The molecule has 0 aromatic rings. The van der Waals surface area contributed by atoms with Gasteiger partial charge in [0.15, 0.2) is 5.78 Å². The minimum atomic E-state index is -0.873. The van der Waals surface area contributed by atoms with Gasteiger partial charge >= 0.3 is 5.97 Å². The summed E-state index contributed by atoms with van der Waals surface area (Å²) in [5, 5.41) is 21.4. The van der Waals surface area contributed by atoms with E-state index in [1.165, 1.54) is 5.57 Å². The van der Waals surface area contributed by atoms with Gasteiger partial charge in [0.25, 0.3) is 0 Å². The van der Waals surface area contributed by atoms with Gasteiger partial charge in [0.2, 0.25) is 0 Å². The minimum absolute atomic E-state index is 0.0192. The van der Waals surface area contributed by atoms with Crippen LogP contribution in [0.1, 0.15) is 99.8 Å².